The molecule has 1 unspecified atom stereocenters. The Balaban J connectivity index is 2.28. The summed E-state index contributed by atoms with van der Waals surface area (Å²) < 4.78 is 6.93. The highest BCUT2D eigenvalue weighted by atomic mass is 16.5. The van der Waals surface area contributed by atoms with Crippen molar-refractivity contribution in [2.24, 2.45) is 0 Å². The molecule has 0 bridgehead atoms. The van der Waals surface area contributed by atoms with E-state index in [0.717, 1.165) is 18.9 Å². The summed E-state index contributed by atoms with van der Waals surface area (Å²) in [4.78, 5) is 11.5. The van der Waals surface area contributed by atoms with Crippen LogP contribution in [0.15, 0.2) is 4.79 Å². The van der Waals surface area contributed by atoms with Gasteiger partial charge >= 0.3 is 5.69 Å². The lowest BCUT2D eigenvalue weighted by Gasteiger charge is -2.10. The molecule has 1 aliphatic heterocycles. The van der Waals surface area contributed by atoms with Crippen LogP contribution in [0.3, 0.4) is 0 Å². The molecular weight excluding hydrogens is 184 g/mol. The molecule has 78 valence electrons. The van der Waals surface area contributed by atoms with Crippen LogP contribution in [0, 0.1) is 0 Å². The molecule has 1 aromatic heterocycles. The minimum absolute atomic E-state index is 0.143. The van der Waals surface area contributed by atoms with Gasteiger partial charge in [0.15, 0.2) is 0 Å². The Kier molecular flexibility index (Phi) is 2.64. The SMILES string of the molecule is CNCc1n[nH]c(=O)n1C1CCOC1. The number of aromatic nitrogens is 3. The smallest absolute Gasteiger partial charge is 0.343 e. The molecule has 0 amide bonds. The molecule has 1 atom stereocenters. The average Bonchev–Trinajstić information content (AvgIpc) is 2.76. The molecule has 0 radical (unpaired) electrons. The van der Waals surface area contributed by atoms with Gasteiger partial charge in [0.05, 0.1) is 19.2 Å². The van der Waals surface area contributed by atoms with Gasteiger partial charge in [-0.25, -0.2) is 9.89 Å². The van der Waals surface area contributed by atoms with E-state index in [0.29, 0.717) is 13.2 Å². The first-order valence-electron chi connectivity index (χ1n) is 4.71. The summed E-state index contributed by atoms with van der Waals surface area (Å²) in [6, 6.07) is 0.143. The van der Waals surface area contributed by atoms with Crippen molar-refractivity contribution in [3.05, 3.63) is 16.3 Å². The highest BCUT2D eigenvalue weighted by molar-refractivity contribution is 4.90. The van der Waals surface area contributed by atoms with E-state index in [9.17, 15) is 4.79 Å². The molecule has 14 heavy (non-hydrogen) atoms. The molecular formula is C8H14N4O2. The molecule has 0 spiro atoms. The highest BCUT2D eigenvalue weighted by Gasteiger charge is 2.22. The Bertz CT molecular complexity index is 350. The van der Waals surface area contributed by atoms with Gasteiger partial charge in [0.1, 0.15) is 5.82 Å². The van der Waals surface area contributed by atoms with Crippen LogP contribution in [0.5, 0.6) is 0 Å². The summed E-state index contributed by atoms with van der Waals surface area (Å²) in [6.45, 7) is 1.92. The Morgan fingerprint density at radius 2 is 2.64 bits per heavy atom. The summed E-state index contributed by atoms with van der Waals surface area (Å²) in [5.74, 6) is 0.744. The van der Waals surface area contributed by atoms with E-state index >= 15 is 0 Å². The summed E-state index contributed by atoms with van der Waals surface area (Å²) in [7, 11) is 1.83. The van der Waals surface area contributed by atoms with Gasteiger partial charge in [0, 0.05) is 6.61 Å². The lowest BCUT2D eigenvalue weighted by atomic mass is 10.2. The van der Waals surface area contributed by atoms with Gasteiger partial charge in [-0.3, -0.25) is 4.57 Å². The van der Waals surface area contributed by atoms with Gasteiger partial charge in [0.2, 0.25) is 0 Å². The van der Waals surface area contributed by atoms with Crippen molar-refractivity contribution in [2.75, 3.05) is 20.3 Å². The fraction of sp³-hybridized carbons (Fsp3) is 0.750. The lowest BCUT2D eigenvalue weighted by Crippen LogP contribution is -2.26. The Morgan fingerprint density at radius 3 is 3.29 bits per heavy atom. The zero-order valence-corrected chi connectivity index (χ0v) is 8.12. The molecule has 2 heterocycles. The van der Waals surface area contributed by atoms with E-state index < -0.39 is 0 Å². The monoisotopic (exact) mass is 198 g/mol. The van der Waals surface area contributed by atoms with Crippen molar-refractivity contribution in [2.45, 2.75) is 19.0 Å². The number of aromatic amines is 1. The molecule has 6 nitrogen and oxygen atoms in total. The third kappa shape index (κ3) is 1.58. The number of nitrogens with one attached hydrogen (secondary N) is 2. The number of hydrogen-bond acceptors (Lipinski definition) is 4. The summed E-state index contributed by atoms with van der Waals surface area (Å²) in [6.07, 6.45) is 0.885. The van der Waals surface area contributed by atoms with Crippen LogP contribution in [0.1, 0.15) is 18.3 Å². The molecule has 0 saturated carbocycles. The topological polar surface area (TPSA) is 71.9 Å². The largest absolute Gasteiger partial charge is 0.379 e. The van der Waals surface area contributed by atoms with Crippen molar-refractivity contribution in [3.8, 4) is 0 Å². The van der Waals surface area contributed by atoms with Crippen molar-refractivity contribution in [3.63, 3.8) is 0 Å². The standard InChI is InChI=1S/C8H14N4O2/c1-9-4-7-10-11-8(13)12(7)6-2-3-14-5-6/h6,9H,2-5H2,1H3,(H,11,13). The van der Waals surface area contributed by atoms with Gasteiger partial charge in [0.25, 0.3) is 0 Å². The van der Waals surface area contributed by atoms with Crippen LogP contribution in [-0.2, 0) is 11.3 Å². The van der Waals surface area contributed by atoms with Crippen molar-refractivity contribution < 1.29 is 4.74 Å². The van der Waals surface area contributed by atoms with Crippen LogP contribution in [0.25, 0.3) is 0 Å². The summed E-state index contributed by atoms with van der Waals surface area (Å²) >= 11 is 0. The first kappa shape index (κ1) is 9.42. The van der Waals surface area contributed by atoms with Crippen molar-refractivity contribution >= 4 is 0 Å². The molecule has 1 saturated heterocycles. The fourth-order valence-corrected chi connectivity index (χ4v) is 1.72. The Hall–Kier alpha value is -1.14. The van der Waals surface area contributed by atoms with Crippen molar-refractivity contribution in [1.29, 1.82) is 0 Å². The maximum atomic E-state index is 11.5. The Morgan fingerprint density at radius 1 is 1.79 bits per heavy atom. The van der Waals surface area contributed by atoms with Crippen LogP contribution < -0.4 is 11.0 Å². The van der Waals surface area contributed by atoms with Gasteiger partial charge in [-0.2, -0.15) is 5.10 Å². The van der Waals surface area contributed by atoms with Crippen LogP contribution in [0.4, 0.5) is 0 Å². The molecule has 1 aromatic rings. The second-order valence-electron chi connectivity index (χ2n) is 3.36. The first-order valence-corrected chi connectivity index (χ1v) is 4.71. The fourth-order valence-electron chi connectivity index (χ4n) is 1.72. The minimum Gasteiger partial charge on any atom is -0.379 e. The van der Waals surface area contributed by atoms with Gasteiger partial charge in [-0.05, 0) is 13.5 Å². The van der Waals surface area contributed by atoms with Gasteiger partial charge < -0.3 is 10.1 Å². The van der Waals surface area contributed by atoms with E-state index in [1.54, 1.807) is 4.57 Å². The number of H-pyrrole nitrogens is 1. The molecule has 2 N–H and O–H groups in total. The maximum Gasteiger partial charge on any atom is 0.343 e. The third-order valence-electron chi connectivity index (χ3n) is 2.38. The maximum absolute atomic E-state index is 11.5. The zero-order valence-electron chi connectivity index (χ0n) is 8.12. The quantitative estimate of drug-likeness (QED) is 0.670. The van der Waals surface area contributed by atoms with E-state index in [1.165, 1.54) is 0 Å². The van der Waals surface area contributed by atoms with Crippen LogP contribution >= 0.6 is 0 Å². The van der Waals surface area contributed by atoms with Gasteiger partial charge in [-0.15, -0.1) is 0 Å². The molecule has 2 rings (SSSR count). The summed E-state index contributed by atoms with van der Waals surface area (Å²) in [5, 5.41) is 9.40. The number of rotatable bonds is 3. The molecule has 1 fully saturated rings. The average molecular weight is 198 g/mol. The highest BCUT2D eigenvalue weighted by Crippen LogP contribution is 2.17. The second kappa shape index (κ2) is 3.93. The van der Waals surface area contributed by atoms with Gasteiger partial charge in [-0.1, -0.05) is 0 Å². The third-order valence-corrected chi connectivity index (χ3v) is 2.38. The normalized spacial score (nSPS) is 21.6. The molecule has 6 heteroatoms. The van der Waals surface area contributed by atoms with Crippen molar-refractivity contribution in [1.82, 2.24) is 20.1 Å². The molecule has 1 aliphatic rings. The predicted molar refractivity (Wildman–Crippen MR) is 50.1 cm³/mol. The van der Waals surface area contributed by atoms with E-state index in [-0.39, 0.29) is 11.7 Å². The molecule has 0 aliphatic carbocycles. The second-order valence-corrected chi connectivity index (χ2v) is 3.36. The number of ether oxygens (including phenoxy) is 1. The van der Waals surface area contributed by atoms with E-state index in [4.69, 9.17) is 4.74 Å². The number of nitrogens with zero attached hydrogens (tertiary/aromatic N) is 2. The lowest BCUT2D eigenvalue weighted by molar-refractivity contribution is 0.185. The van der Waals surface area contributed by atoms with Crippen LogP contribution in [-0.4, -0.2) is 35.0 Å². The van der Waals surface area contributed by atoms with E-state index in [2.05, 4.69) is 15.5 Å². The predicted octanol–water partition coefficient (Wildman–Crippen LogP) is -0.748. The minimum atomic E-state index is -0.147. The molecule has 0 aromatic carbocycles. The number of hydrogen-bond donors (Lipinski definition) is 2. The summed E-state index contributed by atoms with van der Waals surface area (Å²) in [5.41, 5.74) is -0.147. The zero-order chi connectivity index (χ0) is 9.97. The Labute approximate surface area is 81.3 Å². The van der Waals surface area contributed by atoms with E-state index in [1.807, 2.05) is 7.05 Å². The van der Waals surface area contributed by atoms with Crippen LogP contribution in [0.2, 0.25) is 0 Å². The first-order chi connectivity index (χ1) is 6.83.